The lowest BCUT2D eigenvalue weighted by Crippen LogP contribution is -2.02. The second-order valence-electron chi connectivity index (χ2n) is 2.16. The lowest BCUT2D eigenvalue weighted by molar-refractivity contribution is 0.0683. The molecule has 0 spiro atoms. The molecule has 0 bridgehead atoms. The van der Waals surface area contributed by atoms with E-state index in [-0.39, 0.29) is 5.82 Å². The normalized spacial score (nSPS) is 8.53. The quantitative estimate of drug-likeness (QED) is 0.701. The lowest BCUT2D eigenvalue weighted by Gasteiger charge is -1.85. The van der Waals surface area contributed by atoms with Crippen LogP contribution in [-0.4, -0.2) is 36.0 Å². The van der Waals surface area contributed by atoms with E-state index < -0.39 is 5.97 Å². The molecule has 1 N–H and O–H groups in total. The Kier molecular flexibility index (Phi) is 4.31. The summed E-state index contributed by atoms with van der Waals surface area (Å²) < 4.78 is 0. The Hall–Kier alpha value is -2.44. The highest BCUT2D eigenvalue weighted by Crippen LogP contribution is 1.81. The van der Waals surface area contributed by atoms with Crippen molar-refractivity contribution in [3.63, 3.8) is 0 Å². The first-order chi connectivity index (χ1) is 7.30. The largest absolute Gasteiger partial charge is 0.475 e. The third-order valence-corrected chi connectivity index (χ3v) is 1.16. The fraction of sp³-hybridized carbons (Fsp3) is 0. The van der Waals surface area contributed by atoms with Crippen molar-refractivity contribution in [1.82, 2.24) is 24.9 Å². The average Bonchev–Trinajstić information content (AvgIpc) is 2.33. The molecule has 0 unspecified atom stereocenters. The second kappa shape index (κ2) is 6.08. The van der Waals surface area contributed by atoms with Crippen LogP contribution in [0.5, 0.6) is 0 Å². The number of nitrogens with zero attached hydrogens (tertiary/aromatic N) is 5. The first-order valence-electron chi connectivity index (χ1n) is 3.86. The van der Waals surface area contributed by atoms with E-state index in [1.54, 1.807) is 24.8 Å². The van der Waals surface area contributed by atoms with Gasteiger partial charge < -0.3 is 5.11 Å². The van der Waals surface area contributed by atoms with Gasteiger partial charge in [-0.3, -0.25) is 9.97 Å². The van der Waals surface area contributed by atoms with Crippen LogP contribution in [0.4, 0.5) is 0 Å². The van der Waals surface area contributed by atoms with E-state index in [1.807, 2.05) is 0 Å². The van der Waals surface area contributed by atoms with Crippen molar-refractivity contribution < 1.29 is 9.90 Å². The number of carboxylic acids is 1. The molecule has 7 nitrogen and oxygen atoms in total. The van der Waals surface area contributed by atoms with Gasteiger partial charge in [0.2, 0.25) is 5.82 Å². The van der Waals surface area contributed by atoms with Gasteiger partial charge in [-0.25, -0.2) is 19.7 Å². The summed E-state index contributed by atoms with van der Waals surface area (Å²) >= 11 is 0. The predicted octanol–water partition coefficient (Wildman–Crippen LogP) is 0.0464. The Labute approximate surface area is 84.9 Å². The Morgan fingerprint density at radius 1 is 0.933 bits per heavy atom. The summed E-state index contributed by atoms with van der Waals surface area (Å²) in [6.07, 6.45) is 8.83. The maximum atomic E-state index is 10.0. The van der Waals surface area contributed by atoms with Crippen LogP contribution in [0.2, 0.25) is 0 Å². The van der Waals surface area contributed by atoms with Crippen molar-refractivity contribution in [2.45, 2.75) is 0 Å². The van der Waals surface area contributed by atoms with E-state index in [9.17, 15) is 4.79 Å². The number of carboxylic acid groups (broad SMARTS) is 1. The van der Waals surface area contributed by atoms with Crippen molar-refractivity contribution in [2.75, 3.05) is 0 Å². The molecule has 0 saturated heterocycles. The zero-order chi connectivity index (χ0) is 10.9. The number of aromatic nitrogens is 5. The fourth-order valence-electron chi connectivity index (χ4n) is 0.603. The molecule has 0 aliphatic rings. The van der Waals surface area contributed by atoms with Crippen LogP contribution < -0.4 is 0 Å². The van der Waals surface area contributed by atoms with Crippen molar-refractivity contribution >= 4 is 5.97 Å². The molecule has 0 amide bonds. The molecular weight excluding hydrogens is 198 g/mol. The Balaban J connectivity index is 0.000000162. The van der Waals surface area contributed by atoms with E-state index >= 15 is 0 Å². The zero-order valence-corrected chi connectivity index (χ0v) is 7.56. The van der Waals surface area contributed by atoms with Crippen molar-refractivity contribution in [3.05, 3.63) is 43.3 Å². The first-order valence-corrected chi connectivity index (χ1v) is 3.86. The monoisotopic (exact) mass is 205 g/mol. The summed E-state index contributed by atoms with van der Waals surface area (Å²) in [6, 6.07) is 0. The summed E-state index contributed by atoms with van der Waals surface area (Å²) in [5.74, 6) is -1.37. The van der Waals surface area contributed by atoms with Crippen LogP contribution in [-0.2, 0) is 0 Å². The standard InChI is InChI=1S/C4H3N3O2.C4H4N2/c8-4(9)3-6-1-5-2-7-3;1-2-6-4-3-5-1/h1-2H,(H,8,9);1-4H. The van der Waals surface area contributed by atoms with Gasteiger partial charge in [0.15, 0.2) is 0 Å². The van der Waals surface area contributed by atoms with Crippen molar-refractivity contribution in [3.8, 4) is 0 Å². The van der Waals surface area contributed by atoms with Crippen LogP contribution in [0.1, 0.15) is 10.6 Å². The average molecular weight is 205 g/mol. The summed E-state index contributed by atoms with van der Waals surface area (Å²) in [7, 11) is 0. The number of hydrogen-bond donors (Lipinski definition) is 1. The van der Waals surface area contributed by atoms with Gasteiger partial charge in [0.05, 0.1) is 0 Å². The highest BCUT2D eigenvalue weighted by molar-refractivity contribution is 5.82. The molecular formula is C8H7N5O2. The van der Waals surface area contributed by atoms with Crippen molar-refractivity contribution in [1.29, 1.82) is 0 Å². The maximum absolute atomic E-state index is 10.0. The van der Waals surface area contributed by atoms with Crippen LogP contribution in [0.3, 0.4) is 0 Å². The highest BCUT2D eigenvalue weighted by Gasteiger charge is 2.01. The number of hydrogen-bond acceptors (Lipinski definition) is 6. The van der Waals surface area contributed by atoms with Gasteiger partial charge in [-0.1, -0.05) is 0 Å². The fourth-order valence-corrected chi connectivity index (χ4v) is 0.603. The van der Waals surface area contributed by atoms with Gasteiger partial charge in [-0.15, -0.1) is 0 Å². The second-order valence-corrected chi connectivity index (χ2v) is 2.16. The number of rotatable bonds is 1. The minimum absolute atomic E-state index is 0.231. The summed E-state index contributed by atoms with van der Waals surface area (Å²) in [5, 5.41) is 8.23. The zero-order valence-electron chi connectivity index (χ0n) is 7.56. The molecule has 15 heavy (non-hydrogen) atoms. The molecule has 0 saturated carbocycles. The lowest BCUT2D eigenvalue weighted by atomic mass is 10.6. The Morgan fingerprint density at radius 2 is 1.40 bits per heavy atom. The third kappa shape index (κ3) is 4.36. The first kappa shape index (κ1) is 10.6. The third-order valence-electron chi connectivity index (χ3n) is 1.16. The van der Waals surface area contributed by atoms with Gasteiger partial charge in [-0.2, -0.15) is 0 Å². The van der Waals surface area contributed by atoms with Gasteiger partial charge in [0.25, 0.3) is 0 Å². The molecule has 76 valence electrons. The summed E-state index contributed by atoms with van der Waals surface area (Å²) in [6.45, 7) is 0. The van der Waals surface area contributed by atoms with E-state index in [4.69, 9.17) is 5.11 Å². The molecule has 0 fully saturated rings. The molecule has 2 aromatic heterocycles. The summed E-state index contributed by atoms with van der Waals surface area (Å²) in [4.78, 5) is 27.6. The Morgan fingerprint density at radius 3 is 1.67 bits per heavy atom. The number of aromatic carboxylic acids is 1. The van der Waals surface area contributed by atoms with Crippen LogP contribution in [0.15, 0.2) is 37.4 Å². The minimum atomic E-state index is -1.14. The van der Waals surface area contributed by atoms with E-state index in [0.29, 0.717) is 0 Å². The molecule has 0 atom stereocenters. The molecule has 2 heterocycles. The van der Waals surface area contributed by atoms with Crippen molar-refractivity contribution in [2.24, 2.45) is 0 Å². The highest BCUT2D eigenvalue weighted by atomic mass is 16.4. The van der Waals surface area contributed by atoms with E-state index in [0.717, 1.165) is 12.7 Å². The molecule has 0 aliphatic heterocycles. The summed E-state index contributed by atoms with van der Waals surface area (Å²) in [5.41, 5.74) is 0. The van der Waals surface area contributed by atoms with E-state index in [2.05, 4.69) is 24.9 Å². The minimum Gasteiger partial charge on any atom is -0.475 e. The molecule has 2 aromatic rings. The van der Waals surface area contributed by atoms with Crippen LogP contribution in [0, 0.1) is 0 Å². The number of carbonyl (C=O) groups is 1. The molecule has 7 heteroatoms. The predicted molar refractivity (Wildman–Crippen MR) is 48.8 cm³/mol. The van der Waals surface area contributed by atoms with Gasteiger partial charge in [0.1, 0.15) is 12.7 Å². The van der Waals surface area contributed by atoms with Crippen LogP contribution >= 0.6 is 0 Å². The molecule has 0 aromatic carbocycles. The van der Waals surface area contributed by atoms with Crippen LogP contribution in [0.25, 0.3) is 0 Å². The molecule has 0 radical (unpaired) electrons. The molecule has 0 aliphatic carbocycles. The van der Waals surface area contributed by atoms with Gasteiger partial charge >= 0.3 is 5.97 Å². The Bertz CT molecular complexity index is 368. The maximum Gasteiger partial charge on any atom is 0.374 e. The molecule has 2 rings (SSSR count). The SMILES string of the molecule is O=C(O)c1ncncn1.c1cnccn1. The van der Waals surface area contributed by atoms with E-state index in [1.165, 1.54) is 0 Å². The van der Waals surface area contributed by atoms with Gasteiger partial charge in [-0.05, 0) is 0 Å². The topological polar surface area (TPSA) is 102 Å². The smallest absolute Gasteiger partial charge is 0.374 e. The van der Waals surface area contributed by atoms with Gasteiger partial charge in [0, 0.05) is 24.8 Å².